The SMILES string of the molecule is CCC(C)C1CN(CC(C)(C)SC)C(C)CN1. The Kier molecular flexibility index (Phi) is 5.81. The van der Waals surface area contributed by atoms with Crippen molar-refractivity contribution in [3.8, 4) is 0 Å². The van der Waals surface area contributed by atoms with E-state index in [2.05, 4.69) is 51.1 Å². The molecule has 0 amide bonds. The summed E-state index contributed by atoms with van der Waals surface area (Å²) in [7, 11) is 0. The lowest BCUT2D eigenvalue weighted by atomic mass is 9.95. The fourth-order valence-corrected chi connectivity index (χ4v) is 2.68. The normalized spacial score (nSPS) is 29.3. The molecule has 0 aromatic carbocycles. The van der Waals surface area contributed by atoms with E-state index in [0.29, 0.717) is 16.8 Å². The van der Waals surface area contributed by atoms with Gasteiger partial charge in [0.15, 0.2) is 0 Å². The number of nitrogens with zero attached hydrogens (tertiary/aromatic N) is 1. The van der Waals surface area contributed by atoms with Crippen LogP contribution in [0.15, 0.2) is 0 Å². The van der Waals surface area contributed by atoms with Crippen molar-refractivity contribution in [2.24, 2.45) is 5.92 Å². The number of hydrogen-bond acceptors (Lipinski definition) is 3. The minimum Gasteiger partial charge on any atom is -0.311 e. The van der Waals surface area contributed by atoms with Crippen molar-refractivity contribution in [3.05, 3.63) is 0 Å². The monoisotopic (exact) mass is 258 g/mol. The van der Waals surface area contributed by atoms with E-state index >= 15 is 0 Å². The maximum Gasteiger partial charge on any atom is 0.0228 e. The molecular weight excluding hydrogens is 228 g/mol. The predicted octanol–water partition coefficient (Wildman–Crippen LogP) is 2.84. The van der Waals surface area contributed by atoms with Crippen molar-refractivity contribution in [2.45, 2.75) is 57.9 Å². The third kappa shape index (κ3) is 4.46. The molecule has 0 bridgehead atoms. The first kappa shape index (κ1) is 15.3. The van der Waals surface area contributed by atoms with Crippen LogP contribution in [0.1, 0.15) is 41.0 Å². The average Bonchev–Trinajstić information content (AvgIpc) is 2.30. The fourth-order valence-electron chi connectivity index (χ4n) is 2.39. The van der Waals surface area contributed by atoms with Gasteiger partial charge < -0.3 is 5.32 Å². The van der Waals surface area contributed by atoms with Gasteiger partial charge in [0.2, 0.25) is 0 Å². The standard InChI is InChI=1S/C14H30N2S/c1-7-11(2)13-9-16(12(3)8-15-13)10-14(4,5)17-6/h11-13,15H,7-10H2,1-6H3. The van der Waals surface area contributed by atoms with Gasteiger partial charge in [-0.25, -0.2) is 0 Å². The Bertz CT molecular complexity index is 230. The van der Waals surface area contributed by atoms with Crippen LogP contribution in [0.4, 0.5) is 0 Å². The van der Waals surface area contributed by atoms with Gasteiger partial charge in [-0.15, -0.1) is 0 Å². The van der Waals surface area contributed by atoms with Crippen molar-refractivity contribution in [1.82, 2.24) is 10.2 Å². The van der Waals surface area contributed by atoms with Crippen molar-refractivity contribution < 1.29 is 0 Å². The maximum absolute atomic E-state index is 3.70. The molecule has 1 saturated heterocycles. The molecule has 1 N–H and O–H groups in total. The topological polar surface area (TPSA) is 15.3 Å². The average molecular weight is 258 g/mol. The van der Waals surface area contributed by atoms with Crippen molar-refractivity contribution in [2.75, 3.05) is 25.9 Å². The largest absolute Gasteiger partial charge is 0.311 e. The van der Waals surface area contributed by atoms with E-state index in [1.807, 2.05) is 11.8 Å². The molecule has 1 aliphatic heterocycles. The molecule has 102 valence electrons. The zero-order valence-corrected chi connectivity index (χ0v) is 13.2. The molecule has 17 heavy (non-hydrogen) atoms. The number of rotatable bonds is 5. The highest BCUT2D eigenvalue weighted by molar-refractivity contribution is 7.99. The summed E-state index contributed by atoms with van der Waals surface area (Å²) in [5.74, 6) is 0.780. The van der Waals surface area contributed by atoms with Gasteiger partial charge in [0.1, 0.15) is 0 Å². The number of hydrogen-bond donors (Lipinski definition) is 1. The summed E-state index contributed by atoms with van der Waals surface area (Å²) in [6, 6.07) is 1.34. The van der Waals surface area contributed by atoms with Gasteiger partial charge in [0.05, 0.1) is 0 Å². The molecular formula is C14H30N2S. The molecule has 1 fully saturated rings. The molecule has 0 aromatic heterocycles. The van der Waals surface area contributed by atoms with E-state index in [1.54, 1.807) is 0 Å². The summed E-state index contributed by atoms with van der Waals surface area (Å²) >= 11 is 1.98. The highest BCUT2D eigenvalue weighted by atomic mass is 32.2. The van der Waals surface area contributed by atoms with Gasteiger partial charge in [-0.2, -0.15) is 11.8 Å². The lowest BCUT2D eigenvalue weighted by molar-refractivity contribution is 0.111. The molecule has 3 unspecified atom stereocenters. The Balaban J connectivity index is 2.57. The van der Waals surface area contributed by atoms with E-state index in [1.165, 1.54) is 19.5 Å². The molecule has 3 atom stereocenters. The first-order valence-electron chi connectivity index (χ1n) is 6.92. The Morgan fingerprint density at radius 3 is 2.65 bits per heavy atom. The first-order chi connectivity index (χ1) is 7.89. The predicted molar refractivity (Wildman–Crippen MR) is 79.9 cm³/mol. The van der Waals surface area contributed by atoms with Crippen LogP contribution >= 0.6 is 11.8 Å². The van der Waals surface area contributed by atoms with Crippen LogP contribution in [-0.2, 0) is 0 Å². The second-order valence-electron chi connectivity index (χ2n) is 6.14. The Morgan fingerprint density at radius 2 is 2.12 bits per heavy atom. The van der Waals surface area contributed by atoms with Crippen LogP contribution in [0.3, 0.4) is 0 Å². The molecule has 0 spiro atoms. The number of nitrogens with one attached hydrogen (secondary N) is 1. The minimum atomic E-state index is 0.367. The third-order valence-corrected chi connectivity index (χ3v) is 5.43. The smallest absolute Gasteiger partial charge is 0.0228 e. The molecule has 2 nitrogen and oxygen atoms in total. The van der Waals surface area contributed by atoms with E-state index in [0.717, 1.165) is 12.5 Å². The molecule has 1 rings (SSSR count). The van der Waals surface area contributed by atoms with Crippen LogP contribution in [0.5, 0.6) is 0 Å². The minimum absolute atomic E-state index is 0.367. The summed E-state index contributed by atoms with van der Waals surface area (Å²) in [4.78, 5) is 2.67. The first-order valence-corrected chi connectivity index (χ1v) is 8.14. The quantitative estimate of drug-likeness (QED) is 0.816. The zero-order chi connectivity index (χ0) is 13.1. The summed E-state index contributed by atoms with van der Waals surface area (Å²) in [5.41, 5.74) is 0. The van der Waals surface area contributed by atoms with Crippen LogP contribution in [-0.4, -0.2) is 47.6 Å². The second kappa shape index (κ2) is 6.44. The van der Waals surface area contributed by atoms with Crippen LogP contribution in [0.25, 0.3) is 0 Å². The van der Waals surface area contributed by atoms with E-state index < -0.39 is 0 Å². The van der Waals surface area contributed by atoms with Gasteiger partial charge in [-0.05, 0) is 32.9 Å². The summed E-state index contributed by atoms with van der Waals surface area (Å²) < 4.78 is 0.367. The van der Waals surface area contributed by atoms with Crippen LogP contribution in [0, 0.1) is 5.92 Å². The molecule has 0 aliphatic carbocycles. The van der Waals surface area contributed by atoms with Gasteiger partial charge in [0, 0.05) is 36.5 Å². The van der Waals surface area contributed by atoms with Gasteiger partial charge in [-0.3, -0.25) is 4.90 Å². The van der Waals surface area contributed by atoms with Gasteiger partial charge in [0.25, 0.3) is 0 Å². The molecule has 0 saturated carbocycles. The zero-order valence-electron chi connectivity index (χ0n) is 12.4. The Hall–Kier alpha value is 0.270. The highest BCUT2D eigenvalue weighted by Gasteiger charge is 2.31. The fraction of sp³-hybridized carbons (Fsp3) is 1.00. The molecule has 0 radical (unpaired) electrons. The van der Waals surface area contributed by atoms with Crippen LogP contribution < -0.4 is 5.32 Å². The summed E-state index contributed by atoms with van der Waals surface area (Å²) in [6.45, 7) is 15.3. The third-order valence-electron chi connectivity index (χ3n) is 4.20. The van der Waals surface area contributed by atoms with Gasteiger partial charge in [-0.1, -0.05) is 20.3 Å². The summed E-state index contributed by atoms with van der Waals surface area (Å²) in [5, 5.41) is 3.70. The van der Waals surface area contributed by atoms with E-state index in [-0.39, 0.29) is 0 Å². The van der Waals surface area contributed by atoms with E-state index in [9.17, 15) is 0 Å². The molecule has 0 aromatic rings. The lowest BCUT2D eigenvalue weighted by Crippen LogP contribution is -2.59. The highest BCUT2D eigenvalue weighted by Crippen LogP contribution is 2.25. The number of piperazine rings is 1. The van der Waals surface area contributed by atoms with Crippen molar-refractivity contribution >= 4 is 11.8 Å². The molecule has 1 heterocycles. The maximum atomic E-state index is 3.70. The molecule has 3 heteroatoms. The summed E-state index contributed by atoms with van der Waals surface area (Å²) in [6.07, 6.45) is 3.49. The Morgan fingerprint density at radius 1 is 1.47 bits per heavy atom. The number of thioether (sulfide) groups is 1. The van der Waals surface area contributed by atoms with Gasteiger partial charge >= 0.3 is 0 Å². The Labute approximate surface area is 112 Å². The lowest BCUT2D eigenvalue weighted by Gasteiger charge is -2.43. The second-order valence-corrected chi connectivity index (χ2v) is 7.66. The van der Waals surface area contributed by atoms with Crippen molar-refractivity contribution in [3.63, 3.8) is 0 Å². The van der Waals surface area contributed by atoms with E-state index in [4.69, 9.17) is 0 Å². The van der Waals surface area contributed by atoms with Crippen LogP contribution in [0.2, 0.25) is 0 Å². The molecule has 1 aliphatic rings. The van der Waals surface area contributed by atoms with Crippen molar-refractivity contribution in [1.29, 1.82) is 0 Å².